The maximum atomic E-state index is 12.6. The van der Waals surface area contributed by atoms with Gasteiger partial charge in [0.05, 0.1) is 12.6 Å². The Hall–Kier alpha value is -1.14. The topological polar surface area (TPSA) is 95.7 Å². The second-order valence-corrected chi connectivity index (χ2v) is 6.30. The van der Waals surface area contributed by atoms with Gasteiger partial charge >= 0.3 is 0 Å². The second kappa shape index (κ2) is 5.88. The third kappa shape index (κ3) is 3.91. The minimum atomic E-state index is -0.628. The van der Waals surface area contributed by atoms with Crippen molar-refractivity contribution in [2.45, 2.75) is 52.3 Å². The lowest BCUT2D eigenvalue weighted by atomic mass is 9.85. The molecule has 0 aromatic rings. The van der Waals surface area contributed by atoms with Crippen LogP contribution in [0.3, 0.4) is 0 Å². The van der Waals surface area contributed by atoms with Gasteiger partial charge in [0.1, 0.15) is 6.04 Å². The van der Waals surface area contributed by atoms with Crippen molar-refractivity contribution in [1.82, 2.24) is 10.2 Å². The fraction of sp³-hybridized carbons (Fsp3) is 0.846. The zero-order chi connectivity index (χ0) is 14.8. The van der Waals surface area contributed by atoms with Crippen molar-refractivity contribution in [3.8, 4) is 0 Å². The molecule has 3 atom stereocenters. The molecule has 6 heteroatoms. The third-order valence-electron chi connectivity index (χ3n) is 3.44. The summed E-state index contributed by atoms with van der Waals surface area (Å²) in [6.45, 7) is 7.76. The summed E-state index contributed by atoms with van der Waals surface area (Å²) in [5.41, 5.74) is 4.88. The van der Waals surface area contributed by atoms with Gasteiger partial charge in [0, 0.05) is 12.6 Å². The molecule has 1 unspecified atom stereocenters. The molecule has 1 heterocycles. The van der Waals surface area contributed by atoms with E-state index in [9.17, 15) is 14.7 Å². The van der Waals surface area contributed by atoms with Crippen LogP contribution in [0, 0.1) is 5.41 Å². The van der Waals surface area contributed by atoms with E-state index in [1.807, 2.05) is 27.7 Å². The number of amides is 2. The van der Waals surface area contributed by atoms with Gasteiger partial charge in [-0.05, 0) is 18.8 Å². The highest BCUT2D eigenvalue weighted by Gasteiger charge is 2.40. The first-order chi connectivity index (χ1) is 8.66. The van der Waals surface area contributed by atoms with Crippen LogP contribution < -0.4 is 11.1 Å². The Balaban J connectivity index is 2.86. The minimum Gasteiger partial charge on any atom is -0.391 e. The molecule has 0 saturated carbocycles. The summed E-state index contributed by atoms with van der Waals surface area (Å²) in [5.74, 6) is -0.501. The number of carbonyl (C=O) groups is 2. The molecule has 0 radical (unpaired) electrons. The zero-order valence-electron chi connectivity index (χ0n) is 12.1. The van der Waals surface area contributed by atoms with Gasteiger partial charge in [-0.2, -0.15) is 0 Å². The van der Waals surface area contributed by atoms with E-state index in [4.69, 9.17) is 5.73 Å². The Morgan fingerprint density at radius 1 is 1.47 bits per heavy atom. The Labute approximate surface area is 114 Å². The highest BCUT2D eigenvalue weighted by atomic mass is 16.3. The normalized spacial score (nSPS) is 25.3. The van der Waals surface area contributed by atoms with E-state index in [0.29, 0.717) is 13.0 Å². The molecule has 6 nitrogen and oxygen atoms in total. The fourth-order valence-corrected chi connectivity index (χ4v) is 2.34. The van der Waals surface area contributed by atoms with Crippen molar-refractivity contribution in [1.29, 1.82) is 0 Å². The van der Waals surface area contributed by atoms with Gasteiger partial charge in [-0.25, -0.2) is 0 Å². The molecule has 0 aromatic carbocycles. The maximum Gasteiger partial charge on any atom is 0.246 e. The van der Waals surface area contributed by atoms with E-state index in [0.717, 1.165) is 0 Å². The summed E-state index contributed by atoms with van der Waals surface area (Å²) in [6, 6.07) is -0.640. The van der Waals surface area contributed by atoms with Crippen LogP contribution >= 0.6 is 0 Å². The third-order valence-corrected chi connectivity index (χ3v) is 3.44. The van der Waals surface area contributed by atoms with E-state index in [-0.39, 0.29) is 24.4 Å². The summed E-state index contributed by atoms with van der Waals surface area (Å²) in [5, 5.41) is 12.3. The van der Waals surface area contributed by atoms with Gasteiger partial charge in [0.15, 0.2) is 0 Å². The van der Waals surface area contributed by atoms with Crippen LogP contribution in [0.2, 0.25) is 0 Å². The van der Waals surface area contributed by atoms with E-state index in [1.54, 1.807) is 4.90 Å². The molecule has 0 bridgehead atoms. The first kappa shape index (κ1) is 15.9. The van der Waals surface area contributed by atoms with Crippen LogP contribution in [-0.4, -0.2) is 53.1 Å². The number of hydrogen-bond donors (Lipinski definition) is 3. The molecule has 19 heavy (non-hydrogen) atoms. The van der Waals surface area contributed by atoms with E-state index in [2.05, 4.69) is 5.32 Å². The fourth-order valence-electron chi connectivity index (χ4n) is 2.34. The predicted octanol–water partition coefficient (Wildman–Crippen LogP) is -0.542. The van der Waals surface area contributed by atoms with Crippen molar-refractivity contribution >= 4 is 11.8 Å². The Kier molecular flexibility index (Phi) is 4.92. The number of hydrogen-bond acceptors (Lipinski definition) is 4. The Morgan fingerprint density at radius 2 is 2.05 bits per heavy atom. The highest BCUT2D eigenvalue weighted by molar-refractivity contribution is 5.89. The maximum absolute atomic E-state index is 12.6. The Morgan fingerprint density at radius 3 is 2.42 bits per heavy atom. The van der Waals surface area contributed by atoms with Crippen LogP contribution in [0.1, 0.15) is 34.1 Å². The minimum absolute atomic E-state index is 0.0119. The van der Waals surface area contributed by atoms with Crippen LogP contribution in [0.5, 0.6) is 0 Å². The lowest BCUT2D eigenvalue weighted by Gasteiger charge is -2.34. The molecule has 2 amide bonds. The van der Waals surface area contributed by atoms with E-state index in [1.165, 1.54) is 0 Å². The molecule has 0 spiro atoms. The smallest absolute Gasteiger partial charge is 0.246 e. The van der Waals surface area contributed by atoms with Crippen molar-refractivity contribution < 1.29 is 14.7 Å². The number of aliphatic hydroxyl groups excluding tert-OH is 1. The van der Waals surface area contributed by atoms with Gasteiger partial charge in [-0.3, -0.25) is 9.59 Å². The zero-order valence-corrected chi connectivity index (χ0v) is 12.1. The Bertz CT molecular complexity index is 352. The highest BCUT2D eigenvalue weighted by Crippen LogP contribution is 2.25. The molecular weight excluding hydrogens is 246 g/mol. The number of β-amino-alcohol motifs (C(OH)–C–C–N with tert-alkyl or cyclic N) is 1. The summed E-state index contributed by atoms with van der Waals surface area (Å²) < 4.78 is 0. The van der Waals surface area contributed by atoms with Crippen LogP contribution in [0.4, 0.5) is 0 Å². The van der Waals surface area contributed by atoms with E-state index < -0.39 is 17.6 Å². The summed E-state index contributed by atoms with van der Waals surface area (Å²) in [4.78, 5) is 25.7. The van der Waals surface area contributed by atoms with Crippen LogP contribution in [0.15, 0.2) is 0 Å². The largest absolute Gasteiger partial charge is 0.391 e. The van der Waals surface area contributed by atoms with Crippen molar-refractivity contribution in [2.75, 3.05) is 13.1 Å². The molecule has 0 aromatic heterocycles. The van der Waals surface area contributed by atoms with Crippen LogP contribution in [-0.2, 0) is 9.59 Å². The van der Waals surface area contributed by atoms with Gasteiger partial charge in [-0.15, -0.1) is 0 Å². The number of aliphatic hydroxyl groups is 1. The van der Waals surface area contributed by atoms with Crippen molar-refractivity contribution in [3.05, 3.63) is 0 Å². The van der Waals surface area contributed by atoms with Gasteiger partial charge < -0.3 is 21.1 Å². The first-order valence-corrected chi connectivity index (χ1v) is 6.64. The lowest BCUT2D eigenvalue weighted by Crippen LogP contribution is -2.56. The van der Waals surface area contributed by atoms with Crippen LogP contribution in [0.25, 0.3) is 0 Å². The average molecular weight is 271 g/mol. The summed E-state index contributed by atoms with van der Waals surface area (Å²) in [7, 11) is 0. The molecular formula is C13H25N3O3. The quantitative estimate of drug-likeness (QED) is 0.642. The number of carbonyl (C=O) groups excluding carboxylic acids is 2. The molecule has 1 saturated heterocycles. The number of nitrogens with one attached hydrogen (secondary N) is 1. The molecule has 1 aliphatic rings. The lowest BCUT2D eigenvalue weighted by molar-refractivity contribution is -0.140. The van der Waals surface area contributed by atoms with Gasteiger partial charge in [0.2, 0.25) is 11.8 Å². The number of nitrogens with two attached hydrogens (primary N) is 1. The molecule has 1 aliphatic heterocycles. The predicted molar refractivity (Wildman–Crippen MR) is 72.2 cm³/mol. The first-order valence-electron chi connectivity index (χ1n) is 6.64. The molecule has 0 aliphatic carbocycles. The summed E-state index contributed by atoms with van der Waals surface area (Å²) in [6.07, 6.45) is 0.0951. The second-order valence-electron chi connectivity index (χ2n) is 6.30. The molecule has 4 N–H and O–H groups in total. The molecule has 1 fully saturated rings. The number of likely N-dealkylation sites (tertiary alicyclic amines) is 1. The number of nitrogens with zero attached hydrogens (tertiary/aromatic N) is 1. The monoisotopic (exact) mass is 271 g/mol. The molecule has 110 valence electrons. The van der Waals surface area contributed by atoms with Crippen molar-refractivity contribution in [2.24, 2.45) is 11.1 Å². The number of rotatable bonds is 3. The standard InChI is InChI=1S/C13H25N3O3/c1-8-5-9(17)7-16(8)12(19)11(13(2,3)4)15-10(18)6-14/h8-9,11,17H,5-7,14H2,1-4H3,(H,15,18)/t8-,9-,11?/m1/s1. The van der Waals surface area contributed by atoms with Gasteiger partial charge in [0.25, 0.3) is 0 Å². The van der Waals surface area contributed by atoms with E-state index >= 15 is 0 Å². The van der Waals surface area contributed by atoms with Gasteiger partial charge in [-0.1, -0.05) is 20.8 Å². The van der Waals surface area contributed by atoms with Crippen molar-refractivity contribution in [3.63, 3.8) is 0 Å². The SMILES string of the molecule is C[C@@H]1C[C@@H](O)CN1C(=O)C(NC(=O)CN)C(C)(C)C. The average Bonchev–Trinajstić information content (AvgIpc) is 2.62. The molecule has 1 rings (SSSR count). The summed E-state index contributed by atoms with van der Waals surface area (Å²) >= 11 is 0.